The number of pyridine rings is 1. The van der Waals surface area contributed by atoms with Crippen LogP contribution in [0.5, 0.6) is 11.5 Å². The molecule has 1 saturated heterocycles. The fourth-order valence-electron chi connectivity index (χ4n) is 3.93. The monoisotopic (exact) mass is 369 g/mol. The summed E-state index contributed by atoms with van der Waals surface area (Å²) in [6, 6.07) is 6.03. The number of ether oxygens (including phenoxy) is 3. The van der Waals surface area contributed by atoms with Crippen LogP contribution in [0.1, 0.15) is 18.5 Å². The minimum absolute atomic E-state index is 0.0395. The van der Waals surface area contributed by atoms with Crippen molar-refractivity contribution in [3.8, 4) is 11.5 Å². The molecule has 1 aliphatic heterocycles. The lowest BCUT2D eigenvalue weighted by Gasteiger charge is -2.23. The molecule has 0 amide bonds. The van der Waals surface area contributed by atoms with Crippen molar-refractivity contribution in [2.24, 2.45) is 0 Å². The molecule has 144 valence electrons. The van der Waals surface area contributed by atoms with E-state index in [0.29, 0.717) is 6.61 Å². The van der Waals surface area contributed by atoms with E-state index in [2.05, 4.69) is 14.9 Å². The number of rotatable bonds is 7. The number of hydrogen-bond acceptors (Lipinski definition) is 5. The molecule has 6 nitrogen and oxygen atoms in total. The van der Waals surface area contributed by atoms with Gasteiger partial charge in [0, 0.05) is 47.9 Å². The van der Waals surface area contributed by atoms with E-state index in [4.69, 9.17) is 14.2 Å². The molecule has 0 radical (unpaired) electrons. The molecular formula is C21H27N3O3. The van der Waals surface area contributed by atoms with Crippen LogP contribution in [0.25, 0.3) is 21.8 Å². The van der Waals surface area contributed by atoms with Crippen LogP contribution in [0.15, 0.2) is 24.4 Å². The number of methoxy groups -OCH3 is 2. The van der Waals surface area contributed by atoms with Crippen LogP contribution in [0.3, 0.4) is 0 Å². The summed E-state index contributed by atoms with van der Waals surface area (Å²) in [6.07, 6.45) is 4.41. The van der Waals surface area contributed by atoms with Crippen molar-refractivity contribution in [2.75, 3.05) is 40.5 Å². The highest BCUT2D eigenvalue weighted by atomic mass is 16.5. The van der Waals surface area contributed by atoms with E-state index in [1.165, 1.54) is 12.8 Å². The lowest BCUT2D eigenvalue weighted by molar-refractivity contribution is 0.0339. The van der Waals surface area contributed by atoms with Gasteiger partial charge in [-0.25, -0.2) is 0 Å². The third-order valence-corrected chi connectivity index (χ3v) is 5.40. The maximum absolute atomic E-state index is 6.11. The van der Waals surface area contributed by atoms with Gasteiger partial charge in [-0.2, -0.15) is 0 Å². The molecule has 3 heterocycles. The van der Waals surface area contributed by atoms with Crippen LogP contribution in [0.4, 0.5) is 0 Å². The number of hydrogen-bond donors (Lipinski definition) is 1. The Morgan fingerprint density at radius 1 is 1.15 bits per heavy atom. The number of nitrogens with zero attached hydrogens (tertiary/aromatic N) is 2. The zero-order chi connectivity index (χ0) is 18.8. The van der Waals surface area contributed by atoms with E-state index in [1.54, 1.807) is 14.2 Å². The number of aromatic amines is 1. The van der Waals surface area contributed by atoms with E-state index < -0.39 is 0 Å². The first-order valence-electron chi connectivity index (χ1n) is 9.52. The summed E-state index contributed by atoms with van der Waals surface area (Å²) in [5.74, 6) is 1.45. The molecule has 0 bridgehead atoms. The van der Waals surface area contributed by atoms with E-state index in [9.17, 15) is 0 Å². The number of aromatic nitrogens is 2. The normalized spacial score (nSPS) is 16.3. The van der Waals surface area contributed by atoms with Crippen molar-refractivity contribution in [1.29, 1.82) is 0 Å². The second kappa shape index (κ2) is 7.74. The Balaban J connectivity index is 1.58. The Labute approximate surface area is 159 Å². The first-order chi connectivity index (χ1) is 13.2. The van der Waals surface area contributed by atoms with E-state index in [-0.39, 0.29) is 6.10 Å². The van der Waals surface area contributed by atoms with Gasteiger partial charge in [0.25, 0.3) is 0 Å². The largest absolute Gasteiger partial charge is 0.493 e. The van der Waals surface area contributed by atoms with E-state index in [1.807, 2.05) is 31.3 Å². The van der Waals surface area contributed by atoms with Gasteiger partial charge in [0.15, 0.2) is 11.5 Å². The zero-order valence-electron chi connectivity index (χ0n) is 16.2. The summed E-state index contributed by atoms with van der Waals surface area (Å²) in [4.78, 5) is 10.3. The molecule has 27 heavy (non-hydrogen) atoms. The van der Waals surface area contributed by atoms with Crippen LogP contribution in [0.2, 0.25) is 0 Å². The topological polar surface area (TPSA) is 59.6 Å². The first kappa shape index (κ1) is 18.1. The molecule has 4 rings (SSSR count). The highest BCUT2D eigenvalue weighted by Gasteiger charge is 2.19. The van der Waals surface area contributed by atoms with Crippen LogP contribution in [-0.2, 0) is 4.74 Å². The molecule has 6 heteroatoms. The van der Waals surface area contributed by atoms with Crippen LogP contribution in [0, 0.1) is 6.92 Å². The molecule has 1 fully saturated rings. The second-order valence-corrected chi connectivity index (χ2v) is 7.17. The predicted octanol–water partition coefficient (Wildman–Crippen LogP) is 3.52. The van der Waals surface area contributed by atoms with E-state index >= 15 is 0 Å². The van der Waals surface area contributed by atoms with Gasteiger partial charge >= 0.3 is 0 Å². The lowest BCUT2D eigenvalue weighted by Crippen LogP contribution is -2.35. The number of H-pyrrole nitrogens is 1. The zero-order valence-corrected chi connectivity index (χ0v) is 16.2. The summed E-state index contributed by atoms with van der Waals surface area (Å²) in [5.41, 5.74) is 3.09. The van der Waals surface area contributed by atoms with Gasteiger partial charge in [0.1, 0.15) is 12.7 Å². The molecule has 1 unspecified atom stereocenters. The van der Waals surface area contributed by atoms with Crippen LogP contribution >= 0.6 is 0 Å². The average molecular weight is 369 g/mol. The van der Waals surface area contributed by atoms with Gasteiger partial charge in [0.05, 0.1) is 12.6 Å². The molecule has 0 aliphatic carbocycles. The number of nitrogens with one attached hydrogen (secondary N) is 1. The van der Waals surface area contributed by atoms with Gasteiger partial charge in [-0.05, 0) is 45.0 Å². The van der Waals surface area contributed by atoms with Gasteiger partial charge in [-0.15, -0.1) is 0 Å². The van der Waals surface area contributed by atoms with Gasteiger partial charge in [-0.3, -0.25) is 4.98 Å². The predicted molar refractivity (Wildman–Crippen MR) is 107 cm³/mol. The van der Waals surface area contributed by atoms with Crippen molar-refractivity contribution < 1.29 is 14.2 Å². The Kier molecular flexibility index (Phi) is 5.18. The standard InChI is InChI=1S/C21H27N3O3/c1-14-21-16-10-19(26-3)20(11-18(16)23-17(21)6-7-22-14)27-13-15(25-2)12-24-8-4-5-9-24/h6-7,10-11,15,23H,4-5,8-9,12-13H2,1-3H3. The molecule has 0 spiro atoms. The Morgan fingerprint density at radius 2 is 1.96 bits per heavy atom. The molecule has 1 N–H and O–H groups in total. The van der Waals surface area contributed by atoms with Gasteiger partial charge < -0.3 is 24.1 Å². The molecule has 0 saturated carbocycles. The third kappa shape index (κ3) is 3.59. The van der Waals surface area contributed by atoms with Crippen molar-refractivity contribution in [3.63, 3.8) is 0 Å². The van der Waals surface area contributed by atoms with Gasteiger partial charge in [0.2, 0.25) is 0 Å². The first-order valence-corrected chi connectivity index (χ1v) is 9.52. The second-order valence-electron chi connectivity index (χ2n) is 7.17. The summed E-state index contributed by atoms with van der Waals surface area (Å²) in [5, 5.41) is 2.22. The number of likely N-dealkylation sites (tertiary alicyclic amines) is 1. The Morgan fingerprint density at radius 3 is 2.70 bits per heavy atom. The molecular weight excluding hydrogens is 342 g/mol. The molecule has 1 atom stereocenters. The fraction of sp³-hybridized carbons (Fsp3) is 0.476. The quantitative estimate of drug-likeness (QED) is 0.690. The SMILES string of the molecule is COc1cc2c(cc1OCC(CN1CCCC1)OC)[nH]c1ccnc(C)c12. The van der Waals surface area contributed by atoms with Gasteiger partial charge in [-0.1, -0.05) is 0 Å². The maximum Gasteiger partial charge on any atom is 0.163 e. The Bertz CT molecular complexity index is 931. The third-order valence-electron chi connectivity index (χ3n) is 5.40. The average Bonchev–Trinajstić information content (AvgIpc) is 3.31. The summed E-state index contributed by atoms with van der Waals surface area (Å²) in [7, 11) is 3.42. The fourth-order valence-corrected chi connectivity index (χ4v) is 3.93. The summed E-state index contributed by atoms with van der Waals surface area (Å²) < 4.78 is 17.3. The molecule has 1 aromatic carbocycles. The lowest BCUT2D eigenvalue weighted by atomic mass is 10.1. The van der Waals surface area contributed by atoms with Crippen molar-refractivity contribution in [2.45, 2.75) is 25.9 Å². The molecule has 3 aromatic rings. The van der Waals surface area contributed by atoms with Crippen molar-refractivity contribution in [3.05, 3.63) is 30.1 Å². The summed E-state index contributed by atoms with van der Waals surface area (Å²) >= 11 is 0. The smallest absolute Gasteiger partial charge is 0.163 e. The van der Waals surface area contributed by atoms with Crippen molar-refractivity contribution >= 4 is 21.8 Å². The van der Waals surface area contributed by atoms with Crippen LogP contribution < -0.4 is 9.47 Å². The minimum Gasteiger partial charge on any atom is -0.493 e. The van der Waals surface area contributed by atoms with Crippen molar-refractivity contribution in [1.82, 2.24) is 14.9 Å². The maximum atomic E-state index is 6.11. The highest BCUT2D eigenvalue weighted by Crippen LogP contribution is 2.36. The number of fused-ring (bicyclic) bond motifs is 3. The number of aryl methyl sites for hydroxylation is 1. The highest BCUT2D eigenvalue weighted by molar-refractivity contribution is 6.09. The van der Waals surface area contributed by atoms with E-state index in [0.717, 1.165) is 58.6 Å². The minimum atomic E-state index is 0.0395. The molecule has 1 aliphatic rings. The summed E-state index contributed by atoms with van der Waals surface area (Å²) in [6.45, 7) is 5.72. The molecule has 2 aromatic heterocycles. The van der Waals surface area contributed by atoms with Crippen LogP contribution in [-0.4, -0.2) is 61.4 Å². The Hall–Kier alpha value is -2.31. The number of benzene rings is 1.